The molecule has 0 atom stereocenters. The molecule has 0 aliphatic carbocycles. The number of H-pyrrole nitrogens is 1. The first-order valence-electron chi connectivity index (χ1n) is 6.04. The SMILES string of the molecule is Cc1cnccc1NC(=O)c1c[nH]c2ccccc12. The maximum Gasteiger partial charge on any atom is 0.257 e. The van der Waals surface area contributed by atoms with Gasteiger partial charge in [0.2, 0.25) is 0 Å². The van der Waals surface area contributed by atoms with Crippen molar-refractivity contribution in [1.82, 2.24) is 9.97 Å². The fourth-order valence-corrected chi connectivity index (χ4v) is 2.06. The molecule has 1 amide bonds. The number of aromatic nitrogens is 2. The van der Waals surface area contributed by atoms with Gasteiger partial charge >= 0.3 is 0 Å². The molecule has 0 saturated heterocycles. The van der Waals surface area contributed by atoms with Crippen LogP contribution in [0.2, 0.25) is 0 Å². The van der Waals surface area contributed by atoms with Gasteiger partial charge in [-0.05, 0) is 24.6 Å². The second kappa shape index (κ2) is 4.57. The third-order valence-corrected chi connectivity index (χ3v) is 3.10. The largest absolute Gasteiger partial charge is 0.360 e. The molecule has 3 aromatic rings. The molecular weight excluding hydrogens is 238 g/mol. The van der Waals surface area contributed by atoms with E-state index in [4.69, 9.17) is 0 Å². The molecule has 2 N–H and O–H groups in total. The van der Waals surface area contributed by atoms with Crippen LogP contribution in [0, 0.1) is 6.92 Å². The lowest BCUT2D eigenvalue weighted by Gasteiger charge is -2.06. The predicted octanol–water partition coefficient (Wildman–Crippen LogP) is 3.12. The number of pyridine rings is 1. The molecule has 4 nitrogen and oxygen atoms in total. The van der Waals surface area contributed by atoms with E-state index in [0.717, 1.165) is 22.2 Å². The van der Waals surface area contributed by atoms with Crippen LogP contribution in [-0.2, 0) is 0 Å². The highest BCUT2D eigenvalue weighted by molar-refractivity contribution is 6.12. The number of carbonyl (C=O) groups is 1. The number of nitrogens with zero attached hydrogens (tertiary/aromatic N) is 1. The number of nitrogens with one attached hydrogen (secondary N) is 2. The van der Waals surface area contributed by atoms with Crippen molar-refractivity contribution in [2.75, 3.05) is 5.32 Å². The van der Waals surface area contributed by atoms with Crippen molar-refractivity contribution in [1.29, 1.82) is 0 Å². The predicted molar refractivity (Wildman–Crippen MR) is 75.2 cm³/mol. The van der Waals surface area contributed by atoms with Crippen LogP contribution in [0.4, 0.5) is 5.69 Å². The second-order valence-corrected chi connectivity index (χ2v) is 4.39. The summed E-state index contributed by atoms with van der Waals surface area (Å²) in [6.07, 6.45) is 5.12. The molecule has 2 aromatic heterocycles. The van der Waals surface area contributed by atoms with Crippen LogP contribution in [0.5, 0.6) is 0 Å². The minimum Gasteiger partial charge on any atom is -0.360 e. The molecule has 0 spiro atoms. The van der Waals surface area contributed by atoms with Crippen molar-refractivity contribution in [3.05, 3.63) is 60.0 Å². The van der Waals surface area contributed by atoms with Gasteiger partial charge in [-0.2, -0.15) is 0 Å². The fraction of sp³-hybridized carbons (Fsp3) is 0.0667. The van der Waals surface area contributed by atoms with Crippen LogP contribution in [-0.4, -0.2) is 15.9 Å². The number of para-hydroxylation sites is 1. The summed E-state index contributed by atoms with van der Waals surface area (Å²) < 4.78 is 0. The fourth-order valence-electron chi connectivity index (χ4n) is 2.06. The Hall–Kier alpha value is -2.62. The Balaban J connectivity index is 1.95. The van der Waals surface area contributed by atoms with E-state index in [1.54, 1.807) is 24.7 Å². The number of aryl methyl sites for hydroxylation is 1. The molecule has 0 fully saturated rings. The lowest BCUT2D eigenvalue weighted by Crippen LogP contribution is -2.12. The molecule has 19 heavy (non-hydrogen) atoms. The minimum atomic E-state index is -0.119. The number of hydrogen-bond donors (Lipinski definition) is 2. The van der Waals surface area contributed by atoms with Crippen LogP contribution in [0.15, 0.2) is 48.9 Å². The van der Waals surface area contributed by atoms with E-state index in [1.165, 1.54) is 0 Å². The van der Waals surface area contributed by atoms with Crippen molar-refractivity contribution in [2.24, 2.45) is 0 Å². The molecule has 3 rings (SSSR count). The van der Waals surface area contributed by atoms with Crippen molar-refractivity contribution >= 4 is 22.5 Å². The summed E-state index contributed by atoms with van der Waals surface area (Å²) in [5.41, 5.74) is 3.33. The zero-order valence-electron chi connectivity index (χ0n) is 10.5. The monoisotopic (exact) mass is 251 g/mol. The van der Waals surface area contributed by atoms with Crippen LogP contribution < -0.4 is 5.32 Å². The third kappa shape index (κ3) is 2.08. The molecule has 94 valence electrons. The van der Waals surface area contributed by atoms with Crippen LogP contribution in [0.3, 0.4) is 0 Å². The van der Waals surface area contributed by atoms with Crippen molar-refractivity contribution < 1.29 is 4.79 Å². The van der Waals surface area contributed by atoms with E-state index in [9.17, 15) is 4.79 Å². The van der Waals surface area contributed by atoms with Crippen molar-refractivity contribution in [2.45, 2.75) is 6.92 Å². The molecular formula is C15H13N3O. The Morgan fingerprint density at radius 2 is 2.11 bits per heavy atom. The first-order chi connectivity index (χ1) is 9.25. The van der Waals surface area contributed by atoms with E-state index < -0.39 is 0 Å². The van der Waals surface area contributed by atoms with E-state index in [2.05, 4.69) is 15.3 Å². The van der Waals surface area contributed by atoms with Crippen LogP contribution in [0.25, 0.3) is 10.9 Å². The maximum atomic E-state index is 12.3. The third-order valence-electron chi connectivity index (χ3n) is 3.10. The summed E-state index contributed by atoms with van der Waals surface area (Å²) in [5, 5.41) is 3.83. The van der Waals surface area contributed by atoms with Gasteiger partial charge in [-0.25, -0.2) is 0 Å². The zero-order valence-corrected chi connectivity index (χ0v) is 10.5. The molecule has 2 heterocycles. The number of hydrogen-bond acceptors (Lipinski definition) is 2. The summed E-state index contributed by atoms with van der Waals surface area (Å²) in [5.74, 6) is -0.119. The number of amides is 1. The standard InChI is InChI=1S/C15H13N3O/c1-10-8-16-7-6-13(10)18-15(19)12-9-17-14-5-3-2-4-11(12)14/h2-9,17H,1H3,(H,16,18,19). The van der Waals surface area contributed by atoms with Crippen LogP contribution >= 0.6 is 0 Å². The molecule has 0 bridgehead atoms. The zero-order chi connectivity index (χ0) is 13.2. The van der Waals surface area contributed by atoms with Gasteiger partial charge in [-0.1, -0.05) is 18.2 Å². The van der Waals surface area contributed by atoms with Gasteiger partial charge in [-0.15, -0.1) is 0 Å². The summed E-state index contributed by atoms with van der Waals surface area (Å²) in [6, 6.07) is 9.53. The quantitative estimate of drug-likeness (QED) is 0.735. The Morgan fingerprint density at radius 1 is 1.26 bits per heavy atom. The Morgan fingerprint density at radius 3 is 2.95 bits per heavy atom. The smallest absolute Gasteiger partial charge is 0.257 e. The molecule has 4 heteroatoms. The highest BCUT2D eigenvalue weighted by atomic mass is 16.1. The molecule has 0 aliphatic heterocycles. The van der Waals surface area contributed by atoms with Gasteiger partial charge in [0.1, 0.15) is 0 Å². The number of anilines is 1. The van der Waals surface area contributed by atoms with Crippen molar-refractivity contribution in [3.8, 4) is 0 Å². The molecule has 0 radical (unpaired) electrons. The molecule has 0 unspecified atom stereocenters. The number of carbonyl (C=O) groups excluding carboxylic acids is 1. The topological polar surface area (TPSA) is 57.8 Å². The summed E-state index contributed by atoms with van der Waals surface area (Å²) in [7, 11) is 0. The summed E-state index contributed by atoms with van der Waals surface area (Å²) in [4.78, 5) is 19.4. The van der Waals surface area contributed by atoms with Crippen LogP contribution in [0.1, 0.15) is 15.9 Å². The Bertz CT molecular complexity index is 746. The maximum absolute atomic E-state index is 12.3. The first-order valence-corrected chi connectivity index (χ1v) is 6.04. The van der Waals surface area contributed by atoms with Gasteiger partial charge in [0, 0.05) is 35.2 Å². The highest BCUT2D eigenvalue weighted by Gasteiger charge is 2.12. The number of aromatic amines is 1. The van der Waals surface area contributed by atoms with E-state index in [0.29, 0.717) is 5.56 Å². The molecule has 0 saturated carbocycles. The number of rotatable bonds is 2. The highest BCUT2D eigenvalue weighted by Crippen LogP contribution is 2.20. The molecule has 1 aromatic carbocycles. The number of benzene rings is 1. The van der Waals surface area contributed by atoms with Gasteiger partial charge in [0.25, 0.3) is 5.91 Å². The first kappa shape index (κ1) is 11.5. The average Bonchev–Trinajstić information content (AvgIpc) is 2.85. The Kier molecular flexibility index (Phi) is 2.76. The van der Waals surface area contributed by atoms with E-state index in [1.807, 2.05) is 31.2 Å². The number of fused-ring (bicyclic) bond motifs is 1. The van der Waals surface area contributed by atoms with E-state index >= 15 is 0 Å². The second-order valence-electron chi connectivity index (χ2n) is 4.39. The summed E-state index contributed by atoms with van der Waals surface area (Å²) >= 11 is 0. The average molecular weight is 251 g/mol. The van der Waals surface area contributed by atoms with Gasteiger partial charge < -0.3 is 10.3 Å². The van der Waals surface area contributed by atoms with Gasteiger partial charge in [0.15, 0.2) is 0 Å². The lowest BCUT2D eigenvalue weighted by molar-refractivity contribution is 0.102. The normalized spacial score (nSPS) is 10.6. The molecule has 0 aliphatic rings. The summed E-state index contributed by atoms with van der Waals surface area (Å²) in [6.45, 7) is 1.91. The minimum absolute atomic E-state index is 0.119. The van der Waals surface area contributed by atoms with Gasteiger partial charge in [-0.3, -0.25) is 9.78 Å². The van der Waals surface area contributed by atoms with Crippen molar-refractivity contribution in [3.63, 3.8) is 0 Å². The Labute approximate surface area is 110 Å². The van der Waals surface area contributed by atoms with Gasteiger partial charge in [0.05, 0.1) is 5.56 Å². The van der Waals surface area contributed by atoms with E-state index in [-0.39, 0.29) is 5.91 Å². The lowest BCUT2D eigenvalue weighted by atomic mass is 10.1.